The lowest BCUT2D eigenvalue weighted by atomic mass is 9.97. The molecule has 0 radical (unpaired) electrons. The minimum atomic E-state index is -1.20. The summed E-state index contributed by atoms with van der Waals surface area (Å²) in [5.74, 6) is -1.61. The Morgan fingerprint density at radius 1 is 1.32 bits per heavy atom. The number of amides is 1. The van der Waals surface area contributed by atoms with Gasteiger partial charge < -0.3 is 10.0 Å². The number of hydrogen-bond donors (Lipinski definition) is 1. The van der Waals surface area contributed by atoms with Gasteiger partial charge >= 0.3 is 5.97 Å². The molecule has 3 rings (SSSR count). The van der Waals surface area contributed by atoms with Gasteiger partial charge in [0.25, 0.3) is 0 Å². The monoisotopic (exact) mass is 263 g/mol. The van der Waals surface area contributed by atoms with Crippen molar-refractivity contribution in [2.45, 2.75) is 25.8 Å². The first kappa shape index (κ1) is 12.1. The topological polar surface area (TPSA) is 57.6 Å². The van der Waals surface area contributed by atoms with Crippen molar-refractivity contribution >= 4 is 11.9 Å². The van der Waals surface area contributed by atoms with E-state index in [1.54, 1.807) is 17.0 Å². The molecule has 0 unspecified atom stereocenters. The summed E-state index contributed by atoms with van der Waals surface area (Å²) in [5, 5.41) is 9.14. The number of carbonyl (C=O) groups excluding carboxylic acids is 1. The third-order valence-electron chi connectivity index (χ3n) is 4.06. The van der Waals surface area contributed by atoms with Gasteiger partial charge in [-0.05, 0) is 36.5 Å². The van der Waals surface area contributed by atoms with E-state index in [0.717, 1.165) is 5.56 Å². The standard InChI is InChI=1S/C14H14FNO3/c15-11-3-1-2-9-8-16(7-4-10(9)11)12(17)14(5-6-14)13(18)19/h1-3H,4-8H2,(H,18,19). The molecule has 0 atom stereocenters. The van der Waals surface area contributed by atoms with Gasteiger partial charge in [0.2, 0.25) is 5.91 Å². The van der Waals surface area contributed by atoms with Crippen LogP contribution < -0.4 is 0 Å². The molecular weight excluding hydrogens is 249 g/mol. The molecule has 1 saturated carbocycles. The van der Waals surface area contributed by atoms with E-state index in [4.69, 9.17) is 5.11 Å². The van der Waals surface area contributed by atoms with Crippen LogP contribution in [0.5, 0.6) is 0 Å². The zero-order chi connectivity index (χ0) is 13.6. The molecule has 1 N–H and O–H groups in total. The van der Waals surface area contributed by atoms with Gasteiger partial charge in [0.15, 0.2) is 0 Å². The molecule has 1 aliphatic carbocycles. The molecule has 1 heterocycles. The van der Waals surface area contributed by atoms with E-state index >= 15 is 0 Å². The minimum Gasteiger partial charge on any atom is -0.480 e. The van der Waals surface area contributed by atoms with Crippen LogP contribution >= 0.6 is 0 Å². The van der Waals surface area contributed by atoms with Crippen molar-refractivity contribution in [1.82, 2.24) is 4.90 Å². The molecule has 0 saturated heterocycles. The number of benzene rings is 1. The lowest BCUT2D eigenvalue weighted by Gasteiger charge is -2.31. The van der Waals surface area contributed by atoms with E-state index in [2.05, 4.69) is 0 Å². The van der Waals surface area contributed by atoms with Crippen LogP contribution in [0.3, 0.4) is 0 Å². The molecule has 1 aromatic rings. The second-order valence-electron chi connectivity index (χ2n) is 5.24. The average molecular weight is 263 g/mol. The number of aliphatic carboxylic acids is 1. The Labute approximate surface area is 109 Å². The van der Waals surface area contributed by atoms with Crippen LogP contribution in [0, 0.1) is 11.2 Å². The predicted molar refractivity (Wildman–Crippen MR) is 64.8 cm³/mol. The van der Waals surface area contributed by atoms with Crippen molar-refractivity contribution in [2.24, 2.45) is 5.41 Å². The fourth-order valence-corrected chi connectivity index (χ4v) is 2.68. The molecule has 4 nitrogen and oxygen atoms in total. The number of halogens is 1. The van der Waals surface area contributed by atoms with Gasteiger partial charge in [-0.2, -0.15) is 0 Å². The summed E-state index contributed by atoms with van der Waals surface area (Å²) in [4.78, 5) is 25.0. The van der Waals surface area contributed by atoms with E-state index < -0.39 is 11.4 Å². The van der Waals surface area contributed by atoms with E-state index in [9.17, 15) is 14.0 Å². The highest BCUT2D eigenvalue weighted by Gasteiger charge is 2.58. The third kappa shape index (κ3) is 1.80. The number of carboxylic acid groups (broad SMARTS) is 1. The quantitative estimate of drug-likeness (QED) is 0.824. The highest BCUT2D eigenvalue weighted by Crippen LogP contribution is 2.48. The number of carbonyl (C=O) groups is 2. The van der Waals surface area contributed by atoms with Gasteiger partial charge in [-0.25, -0.2) is 4.39 Å². The molecule has 0 aromatic heterocycles. The Kier molecular flexibility index (Phi) is 2.59. The van der Waals surface area contributed by atoms with Gasteiger partial charge in [0.1, 0.15) is 11.2 Å². The Balaban J connectivity index is 1.83. The smallest absolute Gasteiger partial charge is 0.319 e. The van der Waals surface area contributed by atoms with Crippen LogP contribution in [0.2, 0.25) is 0 Å². The summed E-state index contributed by atoms with van der Waals surface area (Å²) >= 11 is 0. The molecule has 0 spiro atoms. The van der Waals surface area contributed by atoms with Crippen molar-refractivity contribution in [1.29, 1.82) is 0 Å². The summed E-state index contributed by atoms with van der Waals surface area (Å²) < 4.78 is 13.6. The number of nitrogens with zero attached hydrogens (tertiary/aromatic N) is 1. The van der Waals surface area contributed by atoms with Crippen molar-refractivity contribution < 1.29 is 19.1 Å². The first-order valence-electron chi connectivity index (χ1n) is 6.34. The molecule has 1 fully saturated rings. The summed E-state index contributed by atoms with van der Waals surface area (Å²) in [6, 6.07) is 4.82. The van der Waals surface area contributed by atoms with E-state index in [0.29, 0.717) is 37.9 Å². The second kappa shape index (κ2) is 4.05. The van der Waals surface area contributed by atoms with Gasteiger partial charge in [-0.15, -0.1) is 0 Å². The number of fused-ring (bicyclic) bond motifs is 1. The van der Waals surface area contributed by atoms with Gasteiger partial charge in [0.05, 0.1) is 0 Å². The molecule has 19 heavy (non-hydrogen) atoms. The Hall–Kier alpha value is -1.91. The molecule has 1 aliphatic heterocycles. The third-order valence-corrected chi connectivity index (χ3v) is 4.06. The zero-order valence-electron chi connectivity index (χ0n) is 10.4. The molecule has 2 aliphatic rings. The highest BCUT2D eigenvalue weighted by molar-refractivity contribution is 6.04. The van der Waals surface area contributed by atoms with Gasteiger partial charge in [-0.1, -0.05) is 12.1 Å². The van der Waals surface area contributed by atoms with Crippen LogP contribution in [0.4, 0.5) is 4.39 Å². The SMILES string of the molecule is O=C(O)C1(C(=O)N2CCc3c(F)cccc3C2)CC1. The van der Waals surface area contributed by atoms with Crippen LogP contribution in [-0.4, -0.2) is 28.4 Å². The molecule has 5 heteroatoms. The fraction of sp³-hybridized carbons (Fsp3) is 0.429. The van der Waals surface area contributed by atoms with E-state index in [-0.39, 0.29) is 11.7 Å². The van der Waals surface area contributed by atoms with Gasteiger partial charge in [-0.3, -0.25) is 9.59 Å². The summed E-state index contributed by atoms with van der Waals surface area (Å²) in [6.45, 7) is 0.697. The van der Waals surface area contributed by atoms with Crippen LogP contribution in [0.1, 0.15) is 24.0 Å². The normalized spacial score (nSPS) is 19.7. The van der Waals surface area contributed by atoms with Gasteiger partial charge in [0, 0.05) is 13.1 Å². The lowest BCUT2D eigenvalue weighted by molar-refractivity contribution is -0.153. The van der Waals surface area contributed by atoms with Crippen molar-refractivity contribution in [3.05, 3.63) is 35.1 Å². The fourth-order valence-electron chi connectivity index (χ4n) is 2.68. The van der Waals surface area contributed by atoms with Crippen molar-refractivity contribution in [3.63, 3.8) is 0 Å². The van der Waals surface area contributed by atoms with Crippen LogP contribution in [-0.2, 0) is 22.6 Å². The molecule has 1 amide bonds. The number of hydrogen-bond acceptors (Lipinski definition) is 2. The molecule has 1 aromatic carbocycles. The maximum atomic E-state index is 13.6. The van der Waals surface area contributed by atoms with Crippen molar-refractivity contribution in [3.8, 4) is 0 Å². The largest absolute Gasteiger partial charge is 0.480 e. The predicted octanol–water partition coefficient (Wildman–Crippen LogP) is 1.58. The van der Waals surface area contributed by atoms with Crippen LogP contribution in [0.25, 0.3) is 0 Å². The lowest BCUT2D eigenvalue weighted by Crippen LogP contribution is -2.43. The number of rotatable bonds is 2. The maximum absolute atomic E-state index is 13.6. The molecular formula is C14H14FNO3. The second-order valence-corrected chi connectivity index (χ2v) is 5.24. The average Bonchev–Trinajstić information content (AvgIpc) is 3.19. The Bertz CT molecular complexity index is 566. The molecule has 0 bridgehead atoms. The summed E-state index contributed by atoms with van der Waals surface area (Å²) in [6.07, 6.45) is 1.27. The first-order chi connectivity index (χ1) is 9.04. The summed E-state index contributed by atoms with van der Waals surface area (Å²) in [5.41, 5.74) is 0.220. The van der Waals surface area contributed by atoms with Crippen LogP contribution in [0.15, 0.2) is 18.2 Å². The van der Waals surface area contributed by atoms with Crippen molar-refractivity contribution in [2.75, 3.05) is 6.54 Å². The van der Waals surface area contributed by atoms with E-state index in [1.807, 2.05) is 0 Å². The zero-order valence-corrected chi connectivity index (χ0v) is 10.4. The number of carboxylic acids is 1. The Morgan fingerprint density at radius 2 is 2.05 bits per heavy atom. The highest BCUT2D eigenvalue weighted by atomic mass is 19.1. The molecule has 100 valence electrons. The first-order valence-corrected chi connectivity index (χ1v) is 6.34. The van der Waals surface area contributed by atoms with E-state index in [1.165, 1.54) is 6.07 Å². The minimum absolute atomic E-state index is 0.246. The summed E-state index contributed by atoms with van der Waals surface area (Å²) in [7, 11) is 0. The maximum Gasteiger partial charge on any atom is 0.319 e. The Morgan fingerprint density at radius 3 is 2.68 bits per heavy atom.